The molecule has 7 nitrogen and oxygen atoms in total. The smallest absolute Gasteiger partial charge is 0.244 e. The van der Waals surface area contributed by atoms with Crippen LogP contribution in [0.15, 0.2) is 66.7 Å². The van der Waals surface area contributed by atoms with Crippen LogP contribution in [-0.2, 0) is 16.1 Å². The van der Waals surface area contributed by atoms with Crippen molar-refractivity contribution in [1.29, 1.82) is 0 Å². The van der Waals surface area contributed by atoms with Crippen molar-refractivity contribution in [3.63, 3.8) is 0 Å². The Kier molecular flexibility index (Phi) is 7.73. The number of hydrogen-bond acceptors (Lipinski definition) is 6. The van der Waals surface area contributed by atoms with Gasteiger partial charge >= 0.3 is 0 Å². The zero-order valence-corrected chi connectivity index (χ0v) is 16.5. The lowest BCUT2D eigenvalue weighted by molar-refractivity contribution is -0.227. The quantitative estimate of drug-likeness (QED) is 0.425. The molecule has 1 aliphatic heterocycles. The Morgan fingerprint density at radius 2 is 1.50 bits per heavy atom. The van der Waals surface area contributed by atoms with E-state index in [4.69, 9.17) is 4.74 Å². The number of hydrogen-bond donors (Lipinski definition) is 5. The van der Waals surface area contributed by atoms with E-state index in [0.717, 1.165) is 11.1 Å². The number of ether oxygens (including phenoxy) is 1. The largest absolute Gasteiger partial charge is 0.394 e. The minimum Gasteiger partial charge on any atom is -0.394 e. The maximum Gasteiger partial charge on any atom is 0.244 e. The number of aliphatic hydroxyl groups excluding tert-OH is 4. The zero-order valence-electron chi connectivity index (χ0n) is 16.5. The van der Waals surface area contributed by atoms with E-state index in [0.29, 0.717) is 12.1 Å². The summed E-state index contributed by atoms with van der Waals surface area (Å²) >= 11 is 0. The molecule has 1 aliphatic rings. The second kappa shape index (κ2) is 10.5. The second-order valence-corrected chi connectivity index (χ2v) is 7.31. The van der Waals surface area contributed by atoms with Gasteiger partial charge in [0.25, 0.3) is 0 Å². The van der Waals surface area contributed by atoms with E-state index >= 15 is 0 Å². The molecule has 1 saturated heterocycles. The summed E-state index contributed by atoms with van der Waals surface area (Å²) in [5.41, 5.74) is 2.34. The van der Waals surface area contributed by atoms with Crippen molar-refractivity contribution >= 4 is 11.5 Å². The van der Waals surface area contributed by atoms with Crippen molar-refractivity contribution in [2.75, 3.05) is 6.61 Å². The molecule has 1 heterocycles. The summed E-state index contributed by atoms with van der Waals surface area (Å²) in [5, 5.41) is 42.6. The molecule has 0 unspecified atom stereocenters. The Hall–Kier alpha value is -2.55. The first kappa shape index (κ1) is 22.1. The minimum atomic E-state index is -1.45. The van der Waals surface area contributed by atoms with Gasteiger partial charge in [0, 0.05) is 19.0 Å². The fraction of sp³-hybridized carbons (Fsp3) is 0.348. The molecule has 5 N–H and O–H groups in total. The monoisotopic (exact) mass is 413 g/mol. The number of carbonyl (C=O) groups is 1. The lowest BCUT2D eigenvalue weighted by atomic mass is 9.89. The first-order chi connectivity index (χ1) is 14.5. The van der Waals surface area contributed by atoms with Crippen LogP contribution in [0.1, 0.15) is 17.5 Å². The zero-order chi connectivity index (χ0) is 21.5. The fourth-order valence-corrected chi connectivity index (χ4v) is 3.47. The van der Waals surface area contributed by atoms with Gasteiger partial charge in [0.2, 0.25) is 5.91 Å². The molecule has 5 atom stereocenters. The number of carbonyl (C=O) groups excluding carboxylic acids is 1. The molecule has 3 rings (SSSR count). The highest BCUT2D eigenvalue weighted by Gasteiger charge is 2.43. The fourth-order valence-electron chi connectivity index (χ4n) is 3.47. The number of amides is 1. The highest BCUT2D eigenvalue weighted by atomic mass is 16.5. The lowest BCUT2D eigenvalue weighted by Gasteiger charge is -2.40. The van der Waals surface area contributed by atoms with Gasteiger partial charge in [0.15, 0.2) is 0 Å². The van der Waals surface area contributed by atoms with Gasteiger partial charge in [-0.3, -0.25) is 4.79 Å². The van der Waals surface area contributed by atoms with Crippen LogP contribution in [0.25, 0.3) is 5.57 Å². The number of benzene rings is 2. The molecule has 2 aromatic rings. The molecule has 1 amide bonds. The lowest BCUT2D eigenvalue weighted by Crippen LogP contribution is -2.58. The van der Waals surface area contributed by atoms with Gasteiger partial charge in [-0.15, -0.1) is 0 Å². The van der Waals surface area contributed by atoms with E-state index in [9.17, 15) is 25.2 Å². The average molecular weight is 413 g/mol. The first-order valence-electron chi connectivity index (χ1n) is 9.88. The minimum absolute atomic E-state index is 0.115. The van der Waals surface area contributed by atoms with E-state index in [2.05, 4.69) is 5.32 Å². The molecule has 0 bridgehead atoms. The molecule has 2 aromatic carbocycles. The molecule has 0 radical (unpaired) electrons. The summed E-state index contributed by atoms with van der Waals surface area (Å²) in [6, 6.07) is 18.7. The predicted molar refractivity (Wildman–Crippen MR) is 111 cm³/mol. The van der Waals surface area contributed by atoms with Crippen molar-refractivity contribution in [3.05, 3.63) is 77.9 Å². The Bertz CT molecular complexity index is 839. The third-order valence-electron chi connectivity index (χ3n) is 5.17. The summed E-state index contributed by atoms with van der Waals surface area (Å²) in [7, 11) is 0. The van der Waals surface area contributed by atoms with Crippen LogP contribution in [0.2, 0.25) is 0 Å². The molecule has 160 valence electrons. The molecule has 0 saturated carbocycles. The molecule has 0 aliphatic carbocycles. The molecule has 30 heavy (non-hydrogen) atoms. The third kappa shape index (κ3) is 5.53. The highest BCUT2D eigenvalue weighted by molar-refractivity contribution is 5.95. The van der Waals surface area contributed by atoms with Crippen molar-refractivity contribution in [1.82, 2.24) is 5.32 Å². The molecular formula is C23H27NO6. The van der Waals surface area contributed by atoms with Crippen LogP contribution >= 0.6 is 0 Å². The van der Waals surface area contributed by atoms with E-state index in [1.54, 1.807) is 0 Å². The second-order valence-electron chi connectivity index (χ2n) is 7.31. The van der Waals surface area contributed by atoms with E-state index in [1.807, 2.05) is 60.7 Å². The summed E-state index contributed by atoms with van der Waals surface area (Å²) in [5.74, 6) is -0.303. The van der Waals surface area contributed by atoms with Crippen LogP contribution < -0.4 is 5.32 Å². The van der Waals surface area contributed by atoms with Crippen LogP contribution in [0.4, 0.5) is 0 Å². The van der Waals surface area contributed by atoms with Gasteiger partial charge in [-0.25, -0.2) is 0 Å². The molecule has 0 spiro atoms. The van der Waals surface area contributed by atoms with E-state index < -0.39 is 37.1 Å². The Morgan fingerprint density at radius 1 is 0.900 bits per heavy atom. The molecular weight excluding hydrogens is 386 g/mol. The van der Waals surface area contributed by atoms with Crippen molar-refractivity contribution in [3.8, 4) is 0 Å². The number of nitrogens with one attached hydrogen (secondary N) is 1. The maximum absolute atomic E-state index is 12.5. The summed E-state index contributed by atoms with van der Waals surface area (Å²) in [6.45, 7) is -0.123. The van der Waals surface area contributed by atoms with Crippen LogP contribution in [0.5, 0.6) is 0 Å². The highest BCUT2D eigenvalue weighted by Crippen LogP contribution is 2.29. The summed E-state index contributed by atoms with van der Waals surface area (Å²) in [6.07, 6.45) is -4.55. The van der Waals surface area contributed by atoms with Crippen LogP contribution in [-0.4, -0.2) is 63.5 Å². The Labute approximate surface area is 175 Å². The maximum atomic E-state index is 12.5. The van der Waals surface area contributed by atoms with Crippen molar-refractivity contribution in [2.45, 2.75) is 43.5 Å². The van der Waals surface area contributed by atoms with Gasteiger partial charge in [-0.05, 0) is 16.7 Å². The van der Waals surface area contributed by atoms with Gasteiger partial charge in [0.1, 0.15) is 24.4 Å². The van der Waals surface area contributed by atoms with Crippen LogP contribution in [0.3, 0.4) is 0 Å². The summed E-state index contributed by atoms with van der Waals surface area (Å²) in [4.78, 5) is 12.5. The topological polar surface area (TPSA) is 119 Å². The van der Waals surface area contributed by atoms with Gasteiger partial charge < -0.3 is 30.5 Å². The number of aliphatic hydroxyl groups is 4. The van der Waals surface area contributed by atoms with E-state index in [1.165, 1.54) is 6.08 Å². The molecule has 0 aromatic heterocycles. The Morgan fingerprint density at radius 3 is 2.13 bits per heavy atom. The number of rotatable bonds is 7. The van der Waals surface area contributed by atoms with Gasteiger partial charge in [-0.1, -0.05) is 60.7 Å². The normalized spacial score (nSPS) is 26.9. The van der Waals surface area contributed by atoms with Gasteiger partial charge in [-0.2, -0.15) is 0 Å². The SMILES string of the molecule is O=C(/C=C(\C[C@@H]1O[C@H](CO)[C@H](O)[C@H](O)[C@H]1O)c1ccccc1)NCc1ccccc1. The van der Waals surface area contributed by atoms with E-state index in [-0.39, 0.29) is 12.3 Å². The standard InChI is InChI=1S/C23H27NO6/c25-14-19-22(28)23(29)21(27)18(30-19)11-17(16-9-5-2-6-10-16)12-20(26)24-13-15-7-3-1-4-8-15/h1-10,12,18-19,21-23,25,27-29H,11,13-14H2,(H,24,26)/b17-12+/t18-,19+,21-,22-,23+/m0/s1. The predicted octanol–water partition coefficient (Wildman–Crippen LogP) is 0.619. The third-order valence-corrected chi connectivity index (χ3v) is 5.17. The van der Waals surface area contributed by atoms with Crippen molar-refractivity contribution in [2.24, 2.45) is 0 Å². The van der Waals surface area contributed by atoms with Crippen molar-refractivity contribution < 1.29 is 30.0 Å². The molecule has 1 fully saturated rings. The first-order valence-corrected chi connectivity index (χ1v) is 9.88. The van der Waals surface area contributed by atoms with Crippen LogP contribution in [0, 0.1) is 0 Å². The summed E-state index contributed by atoms with van der Waals surface area (Å²) < 4.78 is 5.61. The Balaban J connectivity index is 1.77. The molecule has 7 heteroatoms. The van der Waals surface area contributed by atoms with Gasteiger partial charge in [0.05, 0.1) is 12.7 Å². The average Bonchev–Trinajstić information content (AvgIpc) is 2.78.